The average molecular weight is 716 g/mol. The molecule has 272 valence electrons. The van der Waals surface area contributed by atoms with E-state index in [1.54, 1.807) is 42.7 Å². The molecular formula is C37H49N9O4S. The number of aryl methyl sites for hydroxylation is 1. The maximum absolute atomic E-state index is 13.7. The van der Waals surface area contributed by atoms with E-state index in [9.17, 15) is 13.2 Å². The first kappa shape index (κ1) is 37.2. The molecule has 0 aliphatic carbocycles. The Bertz CT molecular complexity index is 2010. The molecule has 1 aliphatic rings. The molecule has 51 heavy (non-hydrogen) atoms. The van der Waals surface area contributed by atoms with Crippen LogP contribution in [-0.2, 0) is 29.0 Å². The zero-order chi connectivity index (χ0) is 37.1. The van der Waals surface area contributed by atoms with Gasteiger partial charge in [-0.05, 0) is 53.3 Å². The highest BCUT2D eigenvalue weighted by Crippen LogP contribution is 2.39. The van der Waals surface area contributed by atoms with Crippen LogP contribution in [0.15, 0.2) is 73.1 Å². The second kappa shape index (κ2) is 15.1. The maximum Gasteiger partial charge on any atom is 0.255 e. The minimum atomic E-state index is -3.63. The Morgan fingerprint density at radius 3 is 2.33 bits per heavy atom. The third-order valence-electron chi connectivity index (χ3n) is 8.89. The van der Waals surface area contributed by atoms with Gasteiger partial charge in [0.25, 0.3) is 5.91 Å². The number of ether oxygens (including phenoxy) is 1. The first-order chi connectivity index (χ1) is 24.0. The van der Waals surface area contributed by atoms with Crippen LogP contribution in [0, 0.1) is 6.92 Å². The van der Waals surface area contributed by atoms with Gasteiger partial charge in [0.2, 0.25) is 16.0 Å². The summed E-state index contributed by atoms with van der Waals surface area (Å²) >= 11 is 0. The number of hydrazine groups is 1. The van der Waals surface area contributed by atoms with Crippen molar-refractivity contribution in [1.82, 2.24) is 14.5 Å². The topological polar surface area (TPSA) is 164 Å². The number of piperazine rings is 1. The first-order valence-corrected chi connectivity index (χ1v) is 18.6. The van der Waals surface area contributed by atoms with Crippen LogP contribution in [0.4, 0.5) is 23.0 Å². The van der Waals surface area contributed by atoms with Crippen molar-refractivity contribution in [2.24, 2.45) is 18.6 Å². The van der Waals surface area contributed by atoms with E-state index in [1.165, 1.54) is 17.7 Å². The Balaban J connectivity index is 1.32. The van der Waals surface area contributed by atoms with Crippen molar-refractivity contribution >= 4 is 44.6 Å². The highest BCUT2D eigenvalue weighted by atomic mass is 32.2. The number of benzene rings is 3. The molecule has 4 aromatic rings. The fourth-order valence-electron chi connectivity index (χ4n) is 6.07. The lowest BCUT2D eigenvalue weighted by molar-refractivity contribution is 0.102. The molecule has 6 N–H and O–H groups in total. The van der Waals surface area contributed by atoms with Gasteiger partial charge in [-0.15, -0.1) is 0 Å². The van der Waals surface area contributed by atoms with Crippen molar-refractivity contribution in [3.63, 3.8) is 0 Å². The van der Waals surface area contributed by atoms with Crippen molar-refractivity contribution in [2.75, 3.05) is 59.5 Å². The van der Waals surface area contributed by atoms with E-state index in [-0.39, 0.29) is 16.9 Å². The van der Waals surface area contributed by atoms with Gasteiger partial charge in [-0.2, -0.15) is 0 Å². The highest BCUT2D eigenvalue weighted by molar-refractivity contribution is 7.92. The minimum absolute atomic E-state index is 0.190. The first-order valence-electron chi connectivity index (χ1n) is 16.7. The van der Waals surface area contributed by atoms with E-state index >= 15 is 0 Å². The van der Waals surface area contributed by atoms with Crippen molar-refractivity contribution in [2.45, 2.75) is 39.7 Å². The second-order valence-electron chi connectivity index (χ2n) is 13.9. The second-order valence-corrected chi connectivity index (χ2v) is 15.7. The third kappa shape index (κ3) is 9.01. The molecule has 1 saturated heterocycles. The lowest BCUT2D eigenvalue weighted by Crippen LogP contribution is -2.46. The van der Waals surface area contributed by atoms with Crippen LogP contribution in [-0.4, -0.2) is 68.3 Å². The fourth-order valence-corrected chi connectivity index (χ4v) is 6.62. The Morgan fingerprint density at radius 2 is 1.71 bits per heavy atom. The van der Waals surface area contributed by atoms with Crippen molar-refractivity contribution < 1.29 is 17.9 Å². The van der Waals surface area contributed by atoms with Gasteiger partial charge in [0.1, 0.15) is 0 Å². The molecule has 1 amide bonds. The monoisotopic (exact) mass is 715 g/mol. The van der Waals surface area contributed by atoms with Crippen LogP contribution in [0.3, 0.4) is 0 Å². The lowest BCUT2D eigenvalue weighted by Gasteiger charge is -2.35. The molecule has 5 rings (SSSR count). The zero-order valence-electron chi connectivity index (χ0n) is 30.4. The highest BCUT2D eigenvalue weighted by Gasteiger charge is 2.24. The molecule has 0 unspecified atom stereocenters. The molecular weight excluding hydrogens is 667 g/mol. The summed E-state index contributed by atoms with van der Waals surface area (Å²) in [6, 6.07) is 19.1. The van der Waals surface area contributed by atoms with Crippen LogP contribution in [0.1, 0.15) is 53.5 Å². The summed E-state index contributed by atoms with van der Waals surface area (Å²) in [7, 11) is -0.273. The number of hydrogen-bond acceptors (Lipinski definition) is 10. The Morgan fingerprint density at radius 1 is 1.04 bits per heavy atom. The van der Waals surface area contributed by atoms with Crippen LogP contribution < -0.4 is 36.3 Å². The maximum atomic E-state index is 13.7. The van der Waals surface area contributed by atoms with E-state index in [0.717, 1.165) is 56.1 Å². The quantitative estimate of drug-likeness (QED) is 0.127. The smallest absolute Gasteiger partial charge is 0.255 e. The zero-order valence-corrected chi connectivity index (χ0v) is 31.2. The third-order valence-corrected chi connectivity index (χ3v) is 9.48. The number of amides is 1. The number of nitrogens with zero attached hydrogens (tertiary/aromatic N) is 5. The van der Waals surface area contributed by atoms with Gasteiger partial charge in [0.15, 0.2) is 5.75 Å². The van der Waals surface area contributed by atoms with Crippen LogP contribution in [0.25, 0.3) is 5.70 Å². The predicted molar refractivity (Wildman–Crippen MR) is 205 cm³/mol. The standard InChI is InChI=1S/C37H49N9O4S/c1-25-13-14-27(35(47)41-30-20-28(37(2,3)4)21-31(34(30)50-6)42-51(7,48)49)19-32(25)46(39)24-29(38)33-22-40-36(43(33)5)45-17-15-44(16-18-45)23-26-11-9-8-10-12-26/h8-14,19-22,24,42H,15-18,23,38-39H2,1-7H3,(H,41,47)/b29-24-. The van der Waals surface area contributed by atoms with Gasteiger partial charge in [-0.3, -0.25) is 19.4 Å². The van der Waals surface area contributed by atoms with Crippen LogP contribution in [0.2, 0.25) is 0 Å². The van der Waals surface area contributed by atoms with E-state index in [0.29, 0.717) is 28.3 Å². The largest absolute Gasteiger partial charge is 0.492 e. The number of carbonyl (C=O) groups excluding carboxylic acids is 1. The Hall–Kier alpha value is -5.05. The summed E-state index contributed by atoms with van der Waals surface area (Å²) in [6.45, 7) is 12.3. The fraction of sp³-hybridized carbons (Fsp3) is 0.351. The number of aromatic nitrogens is 2. The van der Waals surface area contributed by atoms with E-state index < -0.39 is 15.9 Å². The number of methoxy groups -OCH3 is 1. The molecule has 0 saturated carbocycles. The number of nitrogens with one attached hydrogen (secondary N) is 2. The van der Waals surface area contributed by atoms with E-state index in [2.05, 4.69) is 44.1 Å². The average Bonchev–Trinajstić information content (AvgIpc) is 3.45. The van der Waals surface area contributed by atoms with Gasteiger partial charge in [0.05, 0.1) is 48.0 Å². The molecule has 13 nitrogen and oxygen atoms in total. The van der Waals surface area contributed by atoms with Gasteiger partial charge >= 0.3 is 0 Å². The van der Waals surface area contributed by atoms with Gasteiger partial charge < -0.3 is 25.3 Å². The Kier molecular flexibility index (Phi) is 11.0. The lowest BCUT2D eigenvalue weighted by atomic mass is 9.86. The molecule has 1 aliphatic heterocycles. The van der Waals surface area contributed by atoms with Crippen molar-refractivity contribution in [3.05, 3.63) is 101 Å². The number of sulfonamides is 1. The summed E-state index contributed by atoms with van der Waals surface area (Å²) in [6.07, 6.45) is 4.42. The summed E-state index contributed by atoms with van der Waals surface area (Å²) in [5.41, 5.74) is 11.7. The summed E-state index contributed by atoms with van der Waals surface area (Å²) in [5.74, 6) is 7.13. The minimum Gasteiger partial charge on any atom is -0.492 e. The molecule has 3 aromatic carbocycles. The summed E-state index contributed by atoms with van der Waals surface area (Å²) in [5, 5.41) is 4.30. The van der Waals surface area contributed by atoms with Gasteiger partial charge in [-0.1, -0.05) is 57.2 Å². The summed E-state index contributed by atoms with van der Waals surface area (Å²) in [4.78, 5) is 23.1. The van der Waals surface area contributed by atoms with E-state index in [4.69, 9.17) is 21.3 Å². The molecule has 2 heterocycles. The van der Waals surface area contributed by atoms with Crippen LogP contribution in [0.5, 0.6) is 5.75 Å². The molecule has 0 spiro atoms. The normalized spacial score (nSPS) is 14.4. The van der Waals surface area contributed by atoms with Gasteiger partial charge in [-0.25, -0.2) is 19.2 Å². The molecule has 0 radical (unpaired) electrons. The SMILES string of the molecule is COc1c(NC(=O)c2ccc(C)c(N(N)/C=C(\N)c3cnc(N4CCN(Cc5ccccc5)CC4)n3C)c2)cc(C(C)(C)C)cc1NS(C)(=O)=O. The number of anilines is 4. The number of hydrogen-bond donors (Lipinski definition) is 4. The number of carbonyl (C=O) groups is 1. The van der Waals surface area contributed by atoms with Crippen molar-refractivity contribution in [3.8, 4) is 5.75 Å². The molecule has 0 atom stereocenters. The molecule has 1 aromatic heterocycles. The summed E-state index contributed by atoms with van der Waals surface area (Å²) < 4.78 is 34.3. The number of rotatable bonds is 11. The van der Waals surface area contributed by atoms with Crippen LogP contribution >= 0.6 is 0 Å². The predicted octanol–water partition coefficient (Wildman–Crippen LogP) is 4.62. The molecule has 0 bridgehead atoms. The number of nitrogens with two attached hydrogens (primary N) is 2. The van der Waals surface area contributed by atoms with Gasteiger partial charge in [0, 0.05) is 51.5 Å². The molecule has 14 heteroatoms. The van der Waals surface area contributed by atoms with E-state index in [1.807, 2.05) is 45.4 Å². The molecule has 1 fully saturated rings. The van der Waals surface area contributed by atoms with Crippen molar-refractivity contribution in [1.29, 1.82) is 0 Å². The Labute approximate surface area is 300 Å². The number of imidazole rings is 1.